The van der Waals surface area contributed by atoms with Gasteiger partial charge in [-0.25, -0.2) is 0 Å². The van der Waals surface area contributed by atoms with Crippen molar-refractivity contribution in [2.75, 3.05) is 0 Å². The number of phenols is 2. The van der Waals surface area contributed by atoms with Gasteiger partial charge in [0.15, 0.2) is 0 Å². The van der Waals surface area contributed by atoms with Crippen LogP contribution in [-0.4, -0.2) is 32.4 Å². The monoisotopic (exact) mass is 428 g/mol. The van der Waals surface area contributed by atoms with Gasteiger partial charge in [-0.15, -0.1) is 0 Å². The molecule has 2 aromatic rings. The second-order valence-electron chi connectivity index (χ2n) is 7.99. The van der Waals surface area contributed by atoms with Gasteiger partial charge in [-0.3, -0.25) is 9.59 Å². The lowest BCUT2D eigenvalue weighted by Crippen LogP contribution is -2.03. The largest absolute Gasteiger partial charge is 0.507 e. The predicted molar refractivity (Wildman–Crippen MR) is 119 cm³/mol. The number of aromatic hydroxyl groups is 2. The third-order valence-corrected chi connectivity index (χ3v) is 5.33. The van der Waals surface area contributed by atoms with Gasteiger partial charge in [-0.05, 0) is 59.1 Å². The van der Waals surface area contributed by atoms with E-state index in [1.807, 2.05) is 26.0 Å². The third kappa shape index (κ3) is 7.02. The number of benzene rings is 2. The minimum Gasteiger partial charge on any atom is -0.507 e. The highest BCUT2D eigenvalue weighted by Gasteiger charge is 2.16. The SMILES string of the molecule is CCCc1cc(CCC(=O)O)cc(Cc2cc(CCC(=O)O)cc(CCC)c2O)c1O. The molecular formula is C25H32O6. The van der Waals surface area contributed by atoms with E-state index in [9.17, 15) is 19.8 Å². The number of carbonyl (C=O) groups is 2. The number of phenolic OH excluding ortho intramolecular Hbond substituents is 2. The van der Waals surface area contributed by atoms with Crippen LogP contribution >= 0.6 is 0 Å². The van der Waals surface area contributed by atoms with Crippen molar-refractivity contribution in [3.8, 4) is 11.5 Å². The van der Waals surface area contributed by atoms with Crippen molar-refractivity contribution >= 4 is 11.9 Å². The maximum absolute atomic E-state index is 11.0. The van der Waals surface area contributed by atoms with Gasteiger partial charge in [0, 0.05) is 19.3 Å². The summed E-state index contributed by atoms with van der Waals surface area (Å²) in [7, 11) is 0. The maximum Gasteiger partial charge on any atom is 0.303 e. The highest BCUT2D eigenvalue weighted by atomic mass is 16.4. The van der Waals surface area contributed by atoms with Crippen molar-refractivity contribution in [1.29, 1.82) is 0 Å². The molecule has 0 aliphatic carbocycles. The standard InChI is InChI=1S/C25H32O6/c1-3-5-18-11-16(7-9-22(26)27)13-20(24(18)30)15-21-14-17(8-10-23(28)29)12-19(6-4-2)25(21)31/h11-14,30-31H,3-10,15H2,1-2H3,(H,26,27)(H,28,29). The average Bonchev–Trinajstić information content (AvgIpc) is 2.71. The van der Waals surface area contributed by atoms with Gasteiger partial charge in [0.1, 0.15) is 11.5 Å². The summed E-state index contributed by atoms with van der Waals surface area (Å²) < 4.78 is 0. The Hall–Kier alpha value is -3.02. The number of aliphatic carboxylic acids is 2. The Morgan fingerprint density at radius 3 is 1.32 bits per heavy atom. The van der Waals surface area contributed by atoms with Crippen LogP contribution in [0, 0.1) is 0 Å². The molecule has 2 rings (SSSR count). The highest BCUT2D eigenvalue weighted by Crippen LogP contribution is 2.33. The predicted octanol–water partition coefficient (Wildman–Crippen LogP) is 4.63. The van der Waals surface area contributed by atoms with E-state index in [0.717, 1.165) is 35.1 Å². The zero-order valence-corrected chi connectivity index (χ0v) is 18.3. The van der Waals surface area contributed by atoms with Crippen LogP contribution in [0.25, 0.3) is 0 Å². The normalized spacial score (nSPS) is 10.9. The van der Waals surface area contributed by atoms with Crippen molar-refractivity contribution < 1.29 is 30.0 Å². The first-order valence-electron chi connectivity index (χ1n) is 10.9. The molecule has 0 heterocycles. The summed E-state index contributed by atoms with van der Waals surface area (Å²) >= 11 is 0. The van der Waals surface area contributed by atoms with Crippen LogP contribution in [0.2, 0.25) is 0 Å². The second kappa shape index (κ2) is 11.4. The molecule has 6 nitrogen and oxygen atoms in total. The molecule has 0 bridgehead atoms. The Morgan fingerprint density at radius 2 is 1.00 bits per heavy atom. The fourth-order valence-electron chi connectivity index (χ4n) is 3.85. The number of hydrogen-bond donors (Lipinski definition) is 4. The molecule has 0 spiro atoms. The lowest BCUT2D eigenvalue weighted by Gasteiger charge is -2.16. The molecule has 0 amide bonds. The van der Waals surface area contributed by atoms with Gasteiger partial charge < -0.3 is 20.4 Å². The molecule has 0 atom stereocenters. The van der Waals surface area contributed by atoms with Crippen LogP contribution in [0.5, 0.6) is 11.5 Å². The van der Waals surface area contributed by atoms with E-state index < -0.39 is 11.9 Å². The number of hydrogen-bond acceptors (Lipinski definition) is 4. The van der Waals surface area contributed by atoms with Gasteiger partial charge >= 0.3 is 11.9 Å². The topological polar surface area (TPSA) is 115 Å². The second-order valence-corrected chi connectivity index (χ2v) is 7.99. The fraction of sp³-hybridized carbons (Fsp3) is 0.440. The van der Waals surface area contributed by atoms with Crippen LogP contribution in [0.3, 0.4) is 0 Å². The highest BCUT2D eigenvalue weighted by molar-refractivity contribution is 5.67. The first-order valence-corrected chi connectivity index (χ1v) is 10.9. The van der Waals surface area contributed by atoms with Gasteiger partial charge in [0.25, 0.3) is 0 Å². The van der Waals surface area contributed by atoms with Crippen molar-refractivity contribution in [2.45, 2.75) is 71.6 Å². The molecule has 6 heteroatoms. The Kier molecular flexibility index (Phi) is 8.91. The Balaban J connectivity index is 2.46. The summed E-state index contributed by atoms with van der Waals surface area (Å²) in [5.74, 6) is -1.40. The average molecular weight is 429 g/mol. The molecule has 31 heavy (non-hydrogen) atoms. The molecule has 168 valence electrons. The quantitative estimate of drug-likeness (QED) is 0.392. The van der Waals surface area contributed by atoms with E-state index in [4.69, 9.17) is 10.2 Å². The van der Waals surface area contributed by atoms with E-state index in [0.29, 0.717) is 36.8 Å². The minimum atomic E-state index is -0.875. The van der Waals surface area contributed by atoms with Crippen molar-refractivity contribution in [3.05, 3.63) is 57.6 Å². The van der Waals surface area contributed by atoms with Gasteiger partial charge in [-0.1, -0.05) is 51.0 Å². The molecule has 0 saturated carbocycles. The van der Waals surface area contributed by atoms with Crippen LogP contribution in [0.4, 0.5) is 0 Å². The number of carboxylic acid groups (broad SMARTS) is 2. The Morgan fingerprint density at radius 1 is 0.645 bits per heavy atom. The van der Waals surface area contributed by atoms with Gasteiger partial charge in [0.05, 0.1) is 0 Å². The van der Waals surface area contributed by atoms with Crippen molar-refractivity contribution in [2.24, 2.45) is 0 Å². The van der Waals surface area contributed by atoms with Crippen LogP contribution in [-0.2, 0) is 41.7 Å². The van der Waals surface area contributed by atoms with Crippen LogP contribution < -0.4 is 0 Å². The zero-order chi connectivity index (χ0) is 23.0. The van der Waals surface area contributed by atoms with Crippen LogP contribution in [0.15, 0.2) is 24.3 Å². The third-order valence-electron chi connectivity index (χ3n) is 5.33. The van der Waals surface area contributed by atoms with Crippen molar-refractivity contribution in [1.82, 2.24) is 0 Å². The molecule has 0 fully saturated rings. The molecule has 4 N–H and O–H groups in total. The number of rotatable bonds is 12. The molecular weight excluding hydrogens is 396 g/mol. The molecule has 0 aromatic heterocycles. The molecule has 0 aliphatic rings. The smallest absolute Gasteiger partial charge is 0.303 e. The van der Waals surface area contributed by atoms with Crippen LogP contribution in [0.1, 0.15) is 72.9 Å². The number of aryl methyl sites for hydroxylation is 4. The summed E-state index contributed by atoms with van der Waals surface area (Å²) in [5.41, 5.74) is 4.51. The summed E-state index contributed by atoms with van der Waals surface area (Å²) in [5, 5.41) is 39.7. The van der Waals surface area contributed by atoms with E-state index in [2.05, 4.69) is 0 Å². The van der Waals surface area contributed by atoms with Crippen molar-refractivity contribution in [3.63, 3.8) is 0 Å². The summed E-state index contributed by atoms with van der Waals surface area (Å²) in [6.45, 7) is 4.02. The fourth-order valence-corrected chi connectivity index (χ4v) is 3.85. The van der Waals surface area contributed by atoms with Gasteiger partial charge in [-0.2, -0.15) is 0 Å². The van der Waals surface area contributed by atoms with E-state index >= 15 is 0 Å². The number of carboxylic acids is 2. The lowest BCUT2D eigenvalue weighted by atomic mass is 9.91. The van der Waals surface area contributed by atoms with E-state index in [-0.39, 0.29) is 30.8 Å². The minimum absolute atomic E-state index is 0.00630. The Labute approximate surface area is 183 Å². The molecule has 0 radical (unpaired) electrons. The first-order chi connectivity index (χ1) is 14.7. The zero-order valence-electron chi connectivity index (χ0n) is 18.3. The summed E-state index contributed by atoms with van der Waals surface area (Å²) in [6, 6.07) is 7.33. The summed E-state index contributed by atoms with van der Waals surface area (Å²) in [4.78, 5) is 22.0. The molecule has 0 aliphatic heterocycles. The maximum atomic E-state index is 11.0. The first kappa shape index (κ1) is 24.3. The summed E-state index contributed by atoms with van der Waals surface area (Å²) in [6.07, 6.45) is 4.05. The van der Waals surface area contributed by atoms with E-state index in [1.54, 1.807) is 12.1 Å². The molecule has 0 saturated heterocycles. The van der Waals surface area contributed by atoms with Gasteiger partial charge in [0.2, 0.25) is 0 Å². The van der Waals surface area contributed by atoms with E-state index in [1.165, 1.54) is 0 Å². The Bertz CT molecular complexity index is 857. The molecule has 2 aromatic carbocycles. The lowest BCUT2D eigenvalue weighted by molar-refractivity contribution is -0.138. The molecule has 0 unspecified atom stereocenters.